The maximum Gasteiger partial charge on any atom is 0.226 e. The van der Waals surface area contributed by atoms with Gasteiger partial charge >= 0.3 is 0 Å². The van der Waals surface area contributed by atoms with Crippen molar-refractivity contribution in [3.63, 3.8) is 0 Å². The van der Waals surface area contributed by atoms with Crippen molar-refractivity contribution < 1.29 is 4.79 Å². The number of halogens is 1. The van der Waals surface area contributed by atoms with Gasteiger partial charge in [0, 0.05) is 25.5 Å². The Bertz CT molecular complexity index is 498. The van der Waals surface area contributed by atoms with Crippen molar-refractivity contribution >= 4 is 17.5 Å². The first-order valence-electron chi connectivity index (χ1n) is 7.28. The summed E-state index contributed by atoms with van der Waals surface area (Å²) in [4.78, 5) is 18.6. The van der Waals surface area contributed by atoms with Gasteiger partial charge in [-0.25, -0.2) is 0 Å². The number of likely N-dealkylation sites (tertiary alicyclic amines) is 1. The first-order valence-corrected chi connectivity index (χ1v) is 7.66. The third-order valence-corrected chi connectivity index (χ3v) is 4.79. The van der Waals surface area contributed by atoms with E-state index >= 15 is 0 Å². The minimum atomic E-state index is -0.0959. The molecule has 0 saturated carbocycles. The lowest BCUT2D eigenvalue weighted by atomic mass is 9.72. The molecule has 2 saturated heterocycles. The van der Waals surface area contributed by atoms with Crippen LogP contribution in [-0.2, 0) is 11.3 Å². The fraction of sp³-hybridized carbons (Fsp3) is 0.600. The molecule has 3 heterocycles. The molecule has 1 spiro atoms. The van der Waals surface area contributed by atoms with Crippen molar-refractivity contribution in [1.82, 2.24) is 15.2 Å². The normalized spacial score (nSPS) is 22.8. The first-order chi connectivity index (χ1) is 9.68. The second-order valence-corrected chi connectivity index (χ2v) is 6.36. The zero-order chi connectivity index (χ0) is 14.0. The van der Waals surface area contributed by atoms with Gasteiger partial charge in [0.25, 0.3) is 0 Å². The number of nitrogens with one attached hydrogen (secondary N) is 1. The summed E-state index contributed by atoms with van der Waals surface area (Å²) in [5.74, 6) is 0.271. The Kier molecular flexibility index (Phi) is 3.94. The summed E-state index contributed by atoms with van der Waals surface area (Å²) in [6, 6.07) is 1.96. The molecule has 108 valence electrons. The average molecular weight is 294 g/mol. The molecular weight excluding hydrogens is 274 g/mol. The molecule has 0 radical (unpaired) electrons. The average Bonchev–Trinajstić information content (AvgIpc) is 2.45. The fourth-order valence-corrected chi connectivity index (χ4v) is 3.54. The van der Waals surface area contributed by atoms with Crippen LogP contribution in [0.1, 0.15) is 31.2 Å². The van der Waals surface area contributed by atoms with E-state index in [0.717, 1.165) is 57.4 Å². The minimum absolute atomic E-state index is 0.0959. The van der Waals surface area contributed by atoms with Crippen LogP contribution in [0.15, 0.2) is 18.5 Å². The van der Waals surface area contributed by atoms with Gasteiger partial charge in [0.05, 0.1) is 10.4 Å². The van der Waals surface area contributed by atoms with Gasteiger partial charge in [0.1, 0.15) is 0 Å². The molecule has 1 N–H and O–H groups in total. The monoisotopic (exact) mass is 293 g/mol. The lowest BCUT2D eigenvalue weighted by molar-refractivity contribution is -0.136. The predicted octanol–water partition coefficient (Wildman–Crippen LogP) is 2.23. The van der Waals surface area contributed by atoms with Gasteiger partial charge in [-0.05, 0) is 50.4 Å². The summed E-state index contributed by atoms with van der Waals surface area (Å²) in [6.07, 6.45) is 7.61. The Morgan fingerprint density at radius 3 is 2.80 bits per heavy atom. The number of amides is 1. The van der Waals surface area contributed by atoms with Crippen molar-refractivity contribution in [1.29, 1.82) is 0 Å². The van der Waals surface area contributed by atoms with E-state index in [1.54, 1.807) is 6.20 Å². The highest BCUT2D eigenvalue weighted by molar-refractivity contribution is 6.30. The van der Waals surface area contributed by atoms with Gasteiger partial charge < -0.3 is 5.32 Å². The maximum absolute atomic E-state index is 12.1. The van der Waals surface area contributed by atoms with Crippen LogP contribution in [0, 0.1) is 5.41 Å². The van der Waals surface area contributed by atoms with Crippen molar-refractivity contribution in [3.8, 4) is 0 Å². The maximum atomic E-state index is 12.1. The lowest BCUT2D eigenvalue weighted by Crippen LogP contribution is -2.51. The largest absolute Gasteiger partial charge is 0.356 e. The number of aromatic nitrogens is 1. The summed E-state index contributed by atoms with van der Waals surface area (Å²) in [5, 5.41) is 3.71. The molecule has 2 aliphatic heterocycles. The molecule has 1 aromatic rings. The van der Waals surface area contributed by atoms with Gasteiger partial charge in [-0.1, -0.05) is 11.6 Å². The Labute approximate surface area is 124 Å². The number of carbonyl (C=O) groups is 1. The van der Waals surface area contributed by atoms with Crippen LogP contribution in [0.3, 0.4) is 0 Å². The third kappa shape index (κ3) is 2.81. The number of hydrogen-bond acceptors (Lipinski definition) is 3. The summed E-state index contributed by atoms with van der Waals surface area (Å²) < 4.78 is 0. The SMILES string of the molecule is O=C1NCCCC12CCN(Cc1cncc(Cl)c1)CC2. The quantitative estimate of drug-likeness (QED) is 0.909. The molecule has 2 fully saturated rings. The number of carbonyl (C=O) groups excluding carboxylic acids is 1. The Balaban J connectivity index is 1.60. The van der Waals surface area contributed by atoms with Crippen molar-refractivity contribution in [2.24, 2.45) is 5.41 Å². The smallest absolute Gasteiger partial charge is 0.226 e. The summed E-state index contributed by atoms with van der Waals surface area (Å²) in [5.41, 5.74) is 1.04. The zero-order valence-electron chi connectivity index (χ0n) is 11.6. The molecular formula is C15H20ClN3O. The van der Waals surface area contributed by atoms with Gasteiger partial charge in [0.2, 0.25) is 5.91 Å². The number of nitrogens with zero attached hydrogens (tertiary/aromatic N) is 2. The van der Waals surface area contributed by atoms with Crippen molar-refractivity contribution in [3.05, 3.63) is 29.0 Å². The van der Waals surface area contributed by atoms with Crippen LogP contribution >= 0.6 is 11.6 Å². The van der Waals surface area contributed by atoms with Crippen molar-refractivity contribution in [2.45, 2.75) is 32.2 Å². The number of piperidine rings is 2. The molecule has 5 heteroatoms. The summed E-state index contributed by atoms with van der Waals surface area (Å²) in [7, 11) is 0. The highest BCUT2D eigenvalue weighted by atomic mass is 35.5. The number of pyridine rings is 1. The molecule has 1 amide bonds. The van der Waals surface area contributed by atoms with Crippen LogP contribution in [-0.4, -0.2) is 35.4 Å². The fourth-order valence-electron chi connectivity index (χ4n) is 3.35. The summed E-state index contributed by atoms with van der Waals surface area (Å²) in [6.45, 7) is 3.66. The van der Waals surface area contributed by atoms with Crippen LogP contribution < -0.4 is 5.32 Å². The zero-order valence-corrected chi connectivity index (χ0v) is 12.3. The highest BCUT2D eigenvalue weighted by Crippen LogP contribution is 2.38. The van der Waals surface area contributed by atoms with E-state index in [-0.39, 0.29) is 11.3 Å². The first kappa shape index (κ1) is 13.8. The van der Waals surface area contributed by atoms with E-state index < -0.39 is 0 Å². The molecule has 0 aromatic carbocycles. The van der Waals surface area contributed by atoms with Crippen LogP contribution in [0.25, 0.3) is 0 Å². The van der Waals surface area contributed by atoms with E-state index in [1.165, 1.54) is 0 Å². The molecule has 0 unspecified atom stereocenters. The van der Waals surface area contributed by atoms with E-state index in [9.17, 15) is 4.79 Å². The predicted molar refractivity (Wildman–Crippen MR) is 78.4 cm³/mol. The molecule has 3 rings (SSSR count). The number of rotatable bonds is 2. The number of hydrogen-bond donors (Lipinski definition) is 1. The van der Waals surface area contributed by atoms with Gasteiger partial charge in [-0.3, -0.25) is 14.7 Å². The third-order valence-electron chi connectivity index (χ3n) is 4.58. The second-order valence-electron chi connectivity index (χ2n) is 5.93. The molecule has 1 aromatic heterocycles. The van der Waals surface area contributed by atoms with Crippen molar-refractivity contribution in [2.75, 3.05) is 19.6 Å². The van der Waals surface area contributed by atoms with Crippen LogP contribution in [0.2, 0.25) is 5.02 Å². The minimum Gasteiger partial charge on any atom is -0.356 e. The van der Waals surface area contributed by atoms with Gasteiger partial charge in [-0.2, -0.15) is 0 Å². The standard InChI is InChI=1S/C15H20ClN3O/c16-13-8-12(9-17-10-13)11-19-6-3-15(4-7-19)2-1-5-18-14(15)20/h8-10H,1-7,11H2,(H,18,20). The van der Waals surface area contributed by atoms with Gasteiger partial charge in [0.15, 0.2) is 0 Å². The second kappa shape index (κ2) is 5.70. The molecule has 4 nitrogen and oxygen atoms in total. The van der Waals surface area contributed by atoms with Gasteiger partial charge in [-0.15, -0.1) is 0 Å². The molecule has 0 bridgehead atoms. The Morgan fingerprint density at radius 1 is 1.30 bits per heavy atom. The van der Waals surface area contributed by atoms with Crippen LogP contribution in [0.5, 0.6) is 0 Å². The van der Waals surface area contributed by atoms with Crippen LogP contribution in [0.4, 0.5) is 0 Å². The highest BCUT2D eigenvalue weighted by Gasteiger charge is 2.42. The lowest BCUT2D eigenvalue weighted by Gasteiger charge is -2.42. The molecule has 0 atom stereocenters. The Morgan fingerprint density at radius 2 is 2.10 bits per heavy atom. The molecule has 2 aliphatic rings. The molecule has 0 aliphatic carbocycles. The van der Waals surface area contributed by atoms with E-state index in [4.69, 9.17) is 11.6 Å². The topological polar surface area (TPSA) is 45.2 Å². The van der Waals surface area contributed by atoms with E-state index in [0.29, 0.717) is 5.02 Å². The van der Waals surface area contributed by atoms with E-state index in [2.05, 4.69) is 15.2 Å². The Hall–Kier alpha value is -1.13. The molecule has 20 heavy (non-hydrogen) atoms. The van der Waals surface area contributed by atoms with E-state index in [1.807, 2.05) is 12.3 Å². The summed E-state index contributed by atoms with van der Waals surface area (Å²) >= 11 is 5.96.